The van der Waals surface area contributed by atoms with Gasteiger partial charge < -0.3 is 105 Å². The van der Waals surface area contributed by atoms with Gasteiger partial charge >= 0.3 is 0 Å². The summed E-state index contributed by atoms with van der Waals surface area (Å²) in [5.41, 5.74) is 19.8. The Labute approximate surface area is 782 Å². The molecule has 2 aliphatic rings. The van der Waals surface area contributed by atoms with Crippen molar-refractivity contribution in [1.29, 1.82) is 5.41 Å². The predicted molar refractivity (Wildman–Crippen MR) is 494 cm³/mol. The number of carbonyl (C=O) groups is 15. The van der Waals surface area contributed by atoms with Gasteiger partial charge in [-0.05, 0) is 112 Å². The van der Waals surface area contributed by atoms with E-state index in [4.69, 9.17) is 22.6 Å². The number of benzene rings is 4. The van der Waals surface area contributed by atoms with Crippen LogP contribution in [0.25, 0.3) is 21.7 Å². The highest BCUT2D eigenvalue weighted by molar-refractivity contribution is 8.00. The Kier molecular flexibility index (Phi) is 38.0. The molecule has 1 unspecified atom stereocenters. The monoisotopic (exact) mass is 1880 g/mol. The van der Waals surface area contributed by atoms with E-state index in [1.54, 1.807) is 80.7 Å². The number of nitrogens with one attached hydrogen (secondary N) is 14. The second kappa shape index (κ2) is 49.9. The number of nitrogens with two attached hydrogens (primary N) is 3. The molecule has 0 aliphatic carbocycles. The van der Waals surface area contributed by atoms with Gasteiger partial charge in [0, 0.05) is 87.6 Å². The SMILES string of the molecule is CCCCC1C(=O)N(C)[C@@H](CCCC)C(=O)N[C@@H](CCCNC(=N)N)C(=O)N[C@H](C(=O)NCC(N)=O)CSCC(=O)N[C@@H](Cc2ccccc2)c2nnnn2[C@@H](C)C(=O)N[C@@H](CC(N)=O)C(=O)N2CCC[C@H]2C(=O)N[C@@H](Cc2cnc[nH]2)C(=O)N[C@@H](CC(C)C)C(=O)N(C)CC(=O)N[C@@H](Cc2c[nH]c3ccccc23)C(=O)N[C@@H](CO)C(=O)N[C@@H](Cc2cccc3ccccc23)c2nnnn21. The van der Waals surface area contributed by atoms with Crippen LogP contribution in [0, 0.1) is 11.3 Å². The molecule has 0 bridgehead atoms. The molecule has 46 heteroatoms. The average molecular weight is 1890 g/mol. The molecule has 4 aromatic carbocycles. The maximum absolute atomic E-state index is 15.8. The maximum atomic E-state index is 15.8. The van der Waals surface area contributed by atoms with Crippen molar-refractivity contribution in [2.75, 3.05) is 58.4 Å². The molecule has 45 nitrogen and oxygen atoms in total. The summed E-state index contributed by atoms with van der Waals surface area (Å²) < 4.78 is 2.33. The van der Waals surface area contributed by atoms with Gasteiger partial charge in [0.05, 0.1) is 50.3 Å². The standard InChI is InChI=1S/C89H121N29O16S/c1-8-10-31-69-84(130)101-60(30-20-34-95-89(92)93)80(126)107-68(79(125)97-44-73(91)121)47-135-48-75(123)99-61(37-52-22-13-12-14-23-52)76-108-110-112-117(76)51(5)78(124)104-66(41-72(90)120)87(133)116-35-21-33-70(116)85(131)103-64(40-56-43-94-49-98-56)82(128)105-65(36-50(3)4)86(132)114(6)45-74(122)100-63(39-55-42-96-59-29-18-17-28-58(55)59)81(127)106-67(46-119)83(129)102-62(38-54-26-19-25-53-24-15-16-27-57(53)54)77-109-111-113-118(77)71(32-11-9-2)88(134)115(69)7/h12-19,22-29,42-43,49-51,60-71,96,119H,8-11,20-21,30-41,44-48H2,1-7H3,(H2,90,120)(H2,91,121)(H,94,98)(H,97,125)(H,99,123)(H,100,122)(H,101,130)(H,102,129)(H,103,131)(H,104,124)(H,105,128)(H,106,127)(H,107,126)(H4,92,93,95)/t51-,60-,61-,62-,63-,64-,65-,66-,67-,68-,69-,70-,71?/m0/s1. The number of rotatable bonds is 26. The Bertz CT molecular complexity index is 5470. The van der Waals surface area contributed by atoms with Crippen LogP contribution in [0.1, 0.15) is 170 Å². The lowest BCUT2D eigenvalue weighted by Gasteiger charge is -2.32. The molecule has 0 spiro atoms. The zero-order chi connectivity index (χ0) is 97.5. The molecule has 724 valence electrons. The van der Waals surface area contributed by atoms with E-state index in [2.05, 4.69) is 104 Å². The van der Waals surface area contributed by atoms with E-state index in [9.17, 15) is 53.1 Å². The number of primary amides is 2. The number of hydrogen-bond acceptors (Lipinski definition) is 25. The van der Waals surface area contributed by atoms with E-state index >= 15 is 24.0 Å². The molecule has 4 aromatic heterocycles. The van der Waals surface area contributed by atoms with Crippen LogP contribution in [0.2, 0.25) is 0 Å². The van der Waals surface area contributed by atoms with Gasteiger partial charge in [-0.2, -0.15) is 0 Å². The molecule has 10 rings (SSSR count). The van der Waals surface area contributed by atoms with Gasteiger partial charge in [-0.3, -0.25) is 77.3 Å². The number of imidazole rings is 1. The van der Waals surface area contributed by atoms with Crippen LogP contribution in [-0.4, -0.2) is 283 Å². The van der Waals surface area contributed by atoms with Crippen LogP contribution in [0.15, 0.2) is 116 Å². The molecule has 2 aliphatic heterocycles. The zero-order valence-corrected chi connectivity index (χ0v) is 77.2. The van der Waals surface area contributed by atoms with E-state index < -0.39 is 205 Å². The van der Waals surface area contributed by atoms with Gasteiger partial charge in [0.1, 0.15) is 66.5 Å². The van der Waals surface area contributed by atoms with Crippen molar-refractivity contribution in [3.63, 3.8) is 0 Å². The second-order valence-corrected chi connectivity index (χ2v) is 35.0. The minimum atomic E-state index is -1.79. The van der Waals surface area contributed by atoms with Crippen molar-refractivity contribution in [2.45, 2.75) is 216 Å². The number of nitrogens with zero attached hydrogens (tertiary/aromatic N) is 12. The van der Waals surface area contributed by atoms with Gasteiger partial charge in [0.2, 0.25) is 88.6 Å². The van der Waals surface area contributed by atoms with Crippen LogP contribution in [0.4, 0.5) is 0 Å². The third-order valence-corrected chi connectivity index (χ3v) is 24.4. The molecule has 0 radical (unpaired) electrons. The third kappa shape index (κ3) is 28.8. The highest BCUT2D eigenvalue weighted by Crippen LogP contribution is 2.31. The van der Waals surface area contributed by atoms with Crippen LogP contribution in [0.3, 0.4) is 0 Å². The normalized spacial score (nSPS) is 22.8. The van der Waals surface area contributed by atoms with E-state index in [-0.39, 0.29) is 107 Å². The highest BCUT2D eigenvalue weighted by Gasteiger charge is 2.44. The van der Waals surface area contributed by atoms with Crippen molar-refractivity contribution in [3.05, 3.63) is 150 Å². The lowest BCUT2D eigenvalue weighted by atomic mass is 9.97. The van der Waals surface area contributed by atoms with Crippen molar-refractivity contribution in [1.82, 2.24) is 129 Å². The molecular weight excluding hydrogens is 1760 g/mol. The average Bonchev–Trinajstić information content (AvgIpc) is 1.73. The number of guanidine groups is 1. The number of para-hydroxylation sites is 1. The number of likely N-dealkylation sites (N-methyl/N-ethyl adjacent to an activating group) is 2. The van der Waals surface area contributed by atoms with E-state index in [1.165, 1.54) is 43.1 Å². The fraction of sp³-hybridized carbons (Fsp3) is 0.494. The number of aliphatic hydroxyl groups excluding tert-OH is 1. The second-order valence-electron chi connectivity index (χ2n) is 34.0. The minimum absolute atomic E-state index is 0.00267. The summed E-state index contributed by atoms with van der Waals surface area (Å²) in [4.78, 5) is 233. The number of H-pyrrole nitrogens is 2. The van der Waals surface area contributed by atoms with Gasteiger partial charge in [0.25, 0.3) is 0 Å². The Morgan fingerprint density at radius 2 is 1.17 bits per heavy atom. The Morgan fingerprint density at radius 3 is 1.85 bits per heavy atom. The van der Waals surface area contributed by atoms with E-state index in [0.717, 1.165) is 37.0 Å². The van der Waals surface area contributed by atoms with Gasteiger partial charge in [0.15, 0.2) is 17.6 Å². The first-order valence-corrected chi connectivity index (χ1v) is 46.1. The van der Waals surface area contributed by atoms with Crippen LogP contribution in [-0.2, 0) is 97.6 Å². The summed E-state index contributed by atoms with van der Waals surface area (Å²) >= 11 is 0.851. The first kappa shape index (κ1) is 103. The number of fused-ring (bicyclic) bond motifs is 5. The Morgan fingerprint density at radius 1 is 0.570 bits per heavy atom. The molecule has 13 atom stereocenters. The first-order valence-electron chi connectivity index (χ1n) is 45.0. The lowest BCUT2D eigenvalue weighted by Crippen LogP contribution is -2.59. The molecule has 135 heavy (non-hydrogen) atoms. The minimum Gasteiger partial charge on any atom is -0.394 e. The summed E-state index contributed by atoms with van der Waals surface area (Å²) in [6.07, 6.45) is 5.05. The predicted octanol–water partition coefficient (Wildman–Crippen LogP) is -1.32. The molecule has 0 saturated carbocycles. The third-order valence-electron chi connectivity index (χ3n) is 23.3. The molecule has 1 saturated heterocycles. The van der Waals surface area contributed by atoms with Gasteiger partial charge in [-0.25, -0.2) is 14.3 Å². The smallest absolute Gasteiger partial charge is 0.248 e. The van der Waals surface area contributed by atoms with Gasteiger partial charge in [-0.15, -0.1) is 22.0 Å². The molecule has 15 amide bonds. The quantitative estimate of drug-likeness (QED) is 0.0170. The van der Waals surface area contributed by atoms with Crippen molar-refractivity contribution < 1.29 is 77.0 Å². The summed E-state index contributed by atoms with van der Waals surface area (Å²) in [5, 5.41) is 76.6. The number of amides is 15. The molecule has 1 fully saturated rings. The number of thioether (sulfide) groups is 1. The summed E-state index contributed by atoms with van der Waals surface area (Å²) in [7, 11) is 2.70. The Hall–Kier alpha value is -14.3. The van der Waals surface area contributed by atoms with Crippen LogP contribution in [0.5, 0.6) is 0 Å². The number of hydrogen-bond donors (Lipinski definition) is 18. The van der Waals surface area contributed by atoms with E-state index in [1.807, 2.05) is 50.2 Å². The number of carbonyl (C=O) groups excluding carboxylic acids is 15. The summed E-state index contributed by atoms with van der Waals surface area (Å²) in [6.45, 7) is 6.19. The van der Waals surface area contributed by atoms with E-state index in [0.29, 0.717) is 59.0 Å². The Balaban J connectivity index is 1.03. The number of tetrazole rings is 2. The van der Waals surface area contributed by atoms with Crippen molar-refractivity contribution >= 4 is 128 Å². The first-order chi connectivity index (χ1) is 64.7. The van der Waals surface area contributed by atoms with Crippen LogP contribution < -0.4 is 75.7 Å². The molecular formula is C89H121N29O16S. The van der Waals surface area contributed by atoms with Crippen molar-refractivity contribution in [2.24, 2.45) is 23.1 Å². The molecule has 21 N–H and O–H groups in total. The fourth-order valence-corrected chi connectivity index (χ4v) is 17.2. The topological polar surface area (TPSA) is 652 Å². The highest BCUT2D eigenvalue weighted by atomic mass is 32.2. The largest absolute Gasteiger partial charge is 0.394 e. The van der Waals surface area contributed by atoms with Crippen LogP contribution >= 0.6 is 11.8 Å². The van der Waals surface area contributed by atoms with Gasteiger partial charge in [-0.1, -0.05) is 144 Å². The maximum Gasteiger partial charge on any atom is 0.248 e. The molecule has 6 heterocycles. The summed E-state index contributed by atoms with van der Waals surface area (Å²) in [5.74, 6) is -14.9. The number of aromatic nitrogens is 11. The lowest BCUT2D eigenvalue weighted by molar-refractivity contribution is -0.143. The number of aromatic amines is 2. The number of unbranched alkanes of at least 4 members (excludes halogenated alkanes) is 2. The fourth-order valence-electron chi connectivity index (χ4n) is 16.3. The molecule has 8 aromatic rings. The summed E-state index contributed by atoms with van der Waals surface area (Å²) in [6, 6.07) is 9.95. The zero-order valence-electron chi connectivity index (χ0n) is 76.4. The number of aliphatic hydroxyl groups is 1. The van der Waals surface area contributed by atoms with Crippen molar-refractivity contribution in [3.8, 4) is 0 Å².